The van der Waals surface area contributed by atoms with Crippen molar-refractivity contribution in [2.75, 3.05) is 0 Å². The first-order valence-corrected chi connectivity index (χ1v) is 2.56. The fourth-order valence-electron chi connectivity index (χ4n) is 0.219. The van der Waals surface area contributed by atoms with Crippen LogP contribution in [0.25, 0.3) is 0 Å². The van der Waals surface area contributed by atoms with Crippen LogP contribution in [0.4, 0.5) is 0 Å². The minimum atomic E-state index is -0.480. The molecule has 0 saturated heterocycles. The Morgan fingerprint density at radius 2 is 2.22 bits per heavy atom. The van der Waals surface area contributed by atoms with Gasteiger partial charge in [0.1, 0.15) is 0 Å². The molecule has 2 N–H and O–H groups in total. The Labute approximate surface area is 57.9 Å². The summed E-state index contributed by atoms with van der Waals surface area (Å²) >= 11 is 3.56. The summed E-state index contributed by atoms with van der Waals surface area (Å²) in [6, 6.07) is 0. The highest BCUT2D eigenvalue weighted by Gasteiger charge is 1.87. The summed E-state index contributed by atoms with van der Waals surface area (Å²) in [4.78, 5) is 19.9. The van der Waals surface area contributed by atoms with Gasteiger partial charge in [0, 0.05) is 12.3 Å². The summed E-state index contributed by atoms with van der Waals surface area (Å²) in [5.74, 6) is -0.480. The molecule has 0 unspecified atom stereocenters. The van der Waals surface area contributed by atoms with Crippen molar-refractivity contribution in [2.45, 2.75) is 0 Å². The van der Waals surface area contributed by atoms with Crippen LogP contribution in [0, 0.1) is 0 Å². The van der Waals surface area contributed by atoms with Gasteiger partial charge in [-0.15, -0.1) is 0 Å². The van der Waals surface area contributed by atoms with Gasteiger partial charge in [-0.3, -0.25) is 14.9 Å². The van der Waals surface area contributed by atoms with Crippen LogP contribution in [0.15, 0.2) is 12.3 Å². The molecule has 2 amide bonds. The maximum atomic E-state index is 10.3. The Bertz CT molecular complexity index is 135. The Morgan fingerprint density at radius 1 is 1.56 bits per heavy atom. The number of amides is 2. The quantitative estimate of drug-likeness (QED) is 0.278. The van der Waals surface area contributed by atoms with Crippen LogP contribution < -0.4 is 10.0 Å². The molecule has 0 bridgehead atoms. The molecule has 0 aliphatic rings. The minimum Gasteiger partial charge on any atom is -0.339 e. The molecule has 0 saturated carbocycles. The van der Waals surface area contributed by atoms with Crippen molar-refractivity contribution in [2.24, 2.45) is 0 Å². The molecule has 0 aromatic rings. The van der Waals surface area contributed by atoms with Crippen molar-refractivity contribution >= 4 is 25.1 Å². The summed E-state index contributed by atoms with van der Waals surface area (Å²) in [7, 11) is 0. The maximum absolute atomic E-state index is 10.3. The molecule has 0 aliphatic heterocycles. The molecule has 50 valence electrons. The summed E-state index contributed by atoms with van der Waals surface area (Å²) in [5, 5.41) is 1.90. The zero-order valence-electron chi connectivity index (χ0n) is 4.50. The lowest BCUT2D eigenvalue weighted by atomic mass is 10.6. The molecular formula is C4H6N2O2S. The summed E-state index contributed by atoms with van der Waals surface area (Å²) in [6.07, 6.45) is 2.74. The van der Waals surface area contributed by atoms with Crippen molar-refractivity contribution in [3.05, 3.63) is 12.3 Å². The molecule has 0 spiro atoms. The first-order chi connectivity index (χ1) is 4.31. The molecule has 0 aliphatic carbocycles. The van der Waals surface area contributed by atoms with Crippen LogP contribution in [0.2, 0.25) is 0 Å². The van der Waals surface area contributed by atoms with E-state index in [4.69, 9.17) is 0 Å². The maximum Gasteiger partial charge on any atom is 0.251 e. The third kappa shape index (κ3) is 4.89. The number of hydrogen-bond donors (Lipinski definition) is 3. The Balaban J connectivity index is 3.49. The number of nitrogens with one attached hydrogen (secondary N) is 2. The Kier molecular flexibility index (Phi) is 4.61. The largest absolute Gasteiger partial charge is 0.339 e. The lowest BCUT2D eigenvalue weighted by Gasteiger charge is -1.86. The average molecular weight is 146 g/mol. The molecular weight excluding hydrogens is 140 g/mol. The highest BCUT2D eigenvalue weighted by atomic mass is 32.1. The number of hydrogen-bond acceptors (Lipinski definition) is 4. The SMILES string of the molecule is O=CNC(=O)/C=C\NS. The van der Waals surface area contributed by atoms with E-state index in [1.165, 1.54) is 6.20 Å². The minimum absolute atomic E-state index is 0.311. The molecule has 9 heavy (non-hydrogen) atoms. The molecule has 0 radical (unpaired) electrons. The monoisotopic (exact) mass is 146 g/mol. The molecule has 0 fully saturated rings. The molecule has 0 aromatic heterocycles. The standard InChI is InChI=1S/C4H6N2O2S/c7-3-5-4(8)1-2-6-9/h1-3,6,9H,(H,5,7,8)/b2-1-. The lowest BCUT2D eigenvalue weighted by Crippen LogP contribution is -2.18. The van der Waals surface area contributed by atoms with Gasteiger partial charge in [0.2, 0.25) is 6.41 Å². The van der Waals surface area contributed by atoms with Crippen LogP contribution in [-0.4, -0.2) is 12.3 Å². The number of rotatable bonds is 3. The van der Waals surface area contributed by atoms with Crippen molar-refractivity contribution < 1.29 is 9.59 Å². The topological polar surface area (TPSA) is 58.2 Å². The molecule has 5 heteroatoms. The third-order valence-electron chi connectivity index (χ3n) is 0.510. The Morgan fingerprint density at radius 3 is 2.67 bits per heavy atom. The number of imide groups is 1. The van der Waals surface area contributed by atoms with Crippen molar-refractivity contribution in [3.8, 4) is 0 Å². The second-order valence-electron chi connectivity index (χ2n) is 1.09. The van der Waals surface area contributed by atoms with Crippen molar-refractivity contribution in [3.63, 3.8) is 0 Å². The predicted octanol–water partition coefficient (Wildman–Crippen LogP) is -0.793. The molecule has 0 rings (SSSR count). The average Bonchev–Trinajstić information content (AvgIpc) is 1.85. The van der Waals surface area contributed by atoms with Gasteiger partial charge in [0.25, 0.3) is 5.91 Å². The van der Waals surface area contributed by atoms with Crippen molar-refractivity contribution in [1.29, 1.82) is 0 Å². The number of carbonyl (C=O) groups excluding carboxylic acids is 2. The number of thiol groups is 1. The fourth-order valence-corrected chi connectivity index (χ4v) is 0.294. The van der Waals surface area contributed by atoms with Crippen LogP contribution in [0.1, 0.15) is 0 Å². The van der Waals surface area contributed by atoms with E-state index in [9.17, 15) is 9.59 Å². The highest BCUT2D eigenvalue weighted by molar-refractivity contribution is 7.78. The molecule has 0 atom stereocenters. The van der Waals surface area contributed by atoms with Crippen LogP contribution in [0.5, 0.6) is 0 Å². The van der Waals surface area contributed by atoms with Gasteiger partial charge >= 0.3 is 0 Å². The van der Waals surface area contributed by atoms with Gasteiger partial charge in [-0.1, -0.05) is 12.8 Å². The fraction of sp³-hybridized carbons (Fsp3) is 0. The first kappa shape index (κ1) is 8.03. The molecule has 0 aromatic carbocycles. The van der Waals surface area contributed by atoms with Crippen LogP contribution in [0.3, 0.4) is 0 Å². The van der Waals surface area contributed by atoms with Gasteiger partial charge < -0.3 is 4.72 Å². The molecule has 0 heterocycles. The second kappa shape index (κ2) is 5.17. The third-order valence-corrected chi connectivity index (χ3v) is 0.659. The normalized spacial score (nSPS) is 9.00. The van der Waals surface area contributed by atoms with E-state index in [0.29, 0.717) is 6.41 Å². The predicted molar refractivity (Wildman–Crippen MR) is 35.5 cm³/mol. The zero-order chi connectivity index (χ0) is 7.11. The van der Waals surface area contributed by atoms with Gasteiger partial charge in [-0.05, 0) is 0 Å². The Hall–Kier alpha value is -0.970. The highest BCUT2D eigenvalue weighted by Crippen LogP contribution is 1.68. The van der Waals surface area contributed by atoms with E-state index in [0.717, 1.165) is 6.08 Å². The number of carbonyl (C=O) groups is 2. The van der Waals surface area contributed by atoms with Gasteiger partial charge in [-0.25, -0.2) is 0 Å². The first-order valence-electron chi connectivity index (χ1n) is 2.11. The van der Waals surface area contributed by atoms with E-state index in [1.807, 2.05) is 5.32 Å². The van der Waals surface area contributed by atoms with Gasteiger partial charge in [0.05, 0.1) is 0 Å². The summed E-state index contributed by atoms with van der Waals surface area (Å²) < 4.78 is 2.29. The van der Waals surface area contributed by atoms with E-state index < -0.39 is 5.91 Å². The zero-order valence-corrected chi connectivity index (χ0v) is 5.39. The lowest BCUT2D eigenvalue weighted by molar-refractivity contribution is -0.121. The van der Waals surface area contributed by atoms with E-state index in [1.54, 1.807) is 0 Å². The van der Waals surface area contributed by atoms with E-state index >= 15 is 0 Å². The van der Waals surface area contributed by atoms with Gasteiger partial charge in [-0.2, -0.15) is 0 Å². The van der Waals surface area contributed by atoms with Crippen LogP contribution >= 0.6 is 12.8 Å². The smallest absolute Gasteiger partial charge is 0.251 e. The van der Waals surface area contributed by atoms with Crippen molar-refractivity contribution in [1.82, 2.24) is 10.0 Å². The second-order valence-corrected chi connectivity index (χ2v) is 1.35. The van der Waals surface area contributed by atoms with Gasteiger partial charge in [0.15, 0.2) is 0 Å². The molecule has 4 nitrogen and oxygen atoms in total. The van der Waals surface area contributed by atoms with Crippen LogP contribution in [-0.2, 0) is 9.59 Å². The van der Waals surface area contributed by atoms with E-state index in [-0.39, 0.29) is 0 Å². The summed E-state index contributed by atoms with van der Waals surface area (Å²) in [6.45, 7) is 0. The summed E-state index contributed by atoms with van der Waals surface area (Å²) in [5.41, 5.74) is 0. The van der Waals surface area contributed by atoms with E-state index in [2.05, 4.69) is 17.5 Å².